The molecule has 3 aromatic rings. The number of anilines is 1. The zero-order valence-corrected chi connectivity index (χ0v) is 19.1. The number of halogens is 2. The van der Waals surface area contributed by atoms with Gasteiger partial charge in [-0.3, -0.25) is 9.69 Å². The molecule has 2 aromatic heterocycles. The highest BCUT2D eigenvalue weighted by Crippen LogP contribution is 2.40. The van der Waals surface area contributed by atoms with Crippen LogP contribution in [0.1, 0.15) is 16.8 Å². The summed E-state index contributed by atoms with van der Waals surface area (Å²) in [6, 6.07) is 5.40. The van der Waals surface area contributed by atoms with Gasteiger partial charge in [-0.25, -0.2) is 4.98 Å². The minimum atomic E-state index is -0.201. The molecule has 1 amide bonds. The number of amides is 1. The van der Waals surface area contributed by atoms with Crippen molar-refractivity contribution >= 4 is 67.1 Å². The highest BCUT2D eigenvalue weighted by Gasteiger charge is 2.25. The average molecular weight is 472 g/mol. The molecule has 0 unspecified atom stereocenters. The van der Waals surface area contributed by atoms with Crippen molar-refractivity contribution in [2.45, 2.75) is 6.42 Å². The van der Waals surface area contributed by atoms with E-state index in [1.54, 1.807) is 11.0 Å². The van der Waals surface area contributed by atoms with Crippen LogP contribution < -0.4 is 14.4 Å². The largest absolute Gasteiger partial charge is 0.486 e. The van der Waals surface area contributed by atoms with Gasteiger partial charge in [0.05, 0.1) is 20.1 Å². The van der Waals surface area contributed by atoms with E-state index in [-0.39, 0.29) is 5.91 Å². The van der Waals surface area contributed by atoms with Gasteiger partial charge >= 0.3 is 0 Å². The molecule has 0 saturated heterocycles. The van der Waals surface area contributed by atoms with E-state index >= 15 is 0 Å². The molecule has 0 saturated carbocycles. The van der Waals surface area contributed by atoms with Gasteiger partial charge in [-0.1, -0.05) is 34.5 Å². The molecule has 0 N–H and O–H groups in total. The van der Waals surface area contributed by atoms with Gasteiger partial charge in [0, 0.05) is 18.7 Å². The second-order valence-electron chi connectivity index (χ2n) is 6.81. The third-order valence-electron chi connectivity index (χ3n) is 4.39. The summed E-state index contributed by atoms with van der Waals surface area (Å²) in [6.07, 6.45) is 0.798. The van der Waals surface area contributed by atoms with E-state index in [2.05, 4.69) is 4.90 Å². The number of thiazole rings is 1. The van der Waals surface area contributed by atoms with E-state index < -0.39 is 0 Å². The fourth-order valence-electron chi connectivity index (χ4n) is 3.03. The van der Waals surface area contributed by atoms with Gasteiger partial charge in [0.1, 0.15) is 17.6 Å². The molecule has 154 valence electrons. The molecular weight excluding hydrogens is 453 g/mol. The van der Waals surface area contributed by atoms with E-state index in [0.717, 1.165) is 23.2 Å². The number of aromatic nitrogens is 1. The van der Waals surface area contributed by atoms with Crippen LogP contribution in [0.25, 0.3) is 10.2 Å². The summed E-state index contributed by atoms with van der Waals surface area (Å²) in [5.41, 5.74) is 1.17. The Morgan fingerprint density at radius 1 is 1.10 bits per heavy atom. The summed E-state index contributed by atoms with van der Waals surface area (Å²) in [7, 11) is 4.01. The van der Waals surface area contributed by atoms with Gasteiger partial charge in [-0.2, -0.15) is 0 Å². The Kier molecular flexibility index (Phi) is 6.17. The lowest BCUT2D eigenvalue weighted by atomic mass is 10.2. The van der Waals surface area contributed by atoms with Crippen LogP contribution in [0.3, 0.4) is 0 Å². The maximum absolute atomic E-state index is 13.3. The van der Waals surface area contributed by atoms with E-state index in [1.807, 2.05) is 26.2 Å². The number of hydrogen-bond donors (Lipinski definition) is 0. The van der Waals surface area contributed by atoms with E-state index in [4.69, 9.17) is 37.7 Å². The monoisotopic (exact) mass is 471 g/mol. The molecule has 10 heteroatoms. The fraction of sp³-hybridized carbons (Fsp3) is 0.368. The average Bonchev–Trinajstić information content (AvgIpc) is 3.24. The minimum absolute atomic E-state index is 0.201. The van der Waals surface area contributed by atoms with Gasteiger partial charge in [-0.05, 0) is 33.1 Å². The van der Waals surface area contributed by atoms with Gasteiger partial charge < -0.3 is 14.4 Å². The summed E-state index contributed by atoms with van der Waals surface area (Å²) in [6.45, 7) is 2.41. The predicted molar refractivity (Wildman–Crippen MR) is 120 cm³/mol. The fourth-order valence-corrected chi connectivity index (χ4v) is 5.48. The first-order valence-electron chi connectivity index (χ1n) is 9.04. The highest BCUT2D eigenvalue weighted by atomic mass is 35.5. The first-order valence-corrected chi connectivity index (χ1v) is 11.4. The molecule has 0 radical (unpaired) electrons. The van der Waals surface area contributed by atoms with Crippen molar-refractivity contribution < 1.29 is 14.3 Å². The molecule has 1 aliphatic rings. The lowest BCUT2D eigenvalue weighted by Crippen LogP contribution is -2.33. The van der Waals surface area contributed by atoms with Gasteiger partial charge in [0.2, 0.25) is 0 Å². The second kappa shape index (κ2) is 8.65. The Balaban J connectivity index is 1.69. The summed E-state index contributed by atoms with van der Waals surface area (Å²) in [5, 5.41) is 0.615. The Labute approximate surface area is 186 Å². The first-order chi connectivity index (χ1) is 13.9. The van der Waals surface area contributed by atoms with Crippen LogP contribution in [0, 0.1) is 0 Å². The number of fused-ring (bicyclic) bond motifs is 2. The topological polar surface area (TPSA) is 54.9 Å². The van der Waals surface area contributed by atoms with Crippen molar-refractivity contribution in [1.82, 2.24) is 9.88 Å². The van der Waals surface area contributed by atoms with Crippen molar-refractivity contribution in [3.63, 3.8) is 0 Å². The maximum Gasteiger partial charge on any atom is 0.262 e. The quantitative estimate of drug-likeness (QED) is 0.504. The highest BCUT2D eigenvalue weighted by molar-refractivity contribution is 7.22. The Bertz CT molecular complexity index is 1010. The number of thiophene rings is 1. The molecule has 0 bridgehead atoms. The van der Waals surface area contributed by atoms with Crippen LogP contribution in [0.5, 0.6) is 11.5 Å². The molecule has 6 nitrogen and oxygen atoms in total. The standard InChI is InChI=1S/C19H19Cl2N3O3S2/c1-23(2)4-3-5-24(18(25)11-8-16(20)29-17(11)21)19-22-12-9-13-14(10-15(12)28-19)27-7-6-26-13/h8-10H,3-7H2,1-2H3. The zero-order valence-electron chi connectivity index (χ0n) is 15.9. The number of carbonyl (C=O) groups is 1. The van der Waals surface area contributed by atoms with Crippen molar-refractivity contribution in [3.05, 3.63) is 32.4 Å². The summed E-state index contributed by atoms with van der Waals surface area (Å²) >= 11 is 14.9. The third-order valence-corrected chi connectivity index (χ3v) is 6.92. The van der Waals surface area contributed by atoms with E-state index in [1.165, 1.54) is 22.7 Å². The van der Waals surface area contributed by atoms with Crippen LogP contribution in [0.15, 0.2) is 18.2 Å². The molecule has 0 aliphatic carbocycles. The molecule has 0 spiro atoms. The third kappa shape index (κ3) is 4.46. The van der Waals surface area contributed by atoms with Crippen molar-refractivity contribution in [1.29, 1.82) is 0 Å². The Morgan fingerprint density at radius 2 is 1.83 bits per heavy atom. The van der Waals surface area contributed by atoms with E-state index in [0.29, 0.717) is 50.6 Å². The molecule has 4 rings (SSSR count). The van der Waals surface area contributed by atoms with Crippen LogP contribution in [-0.4, -0.2) is 56.2 Å². The van der Waals surface area contributed by atoms with Crippen LogP contribution in [0.2, 0.25) is 8.67 Å². The van der Waals surface area contributed by atoms with Crippen molar-refractivity contribution in [3.8, 4) is 11.5 Å². The van der Waals surface area contributed by atoms with Crippen molar-refractivity contribution in [2.75, 3.05) is 45.3 Å². The molecule has 1 aromatic carbocycles. The second-order valence-corrected chi connectivity index (χ2v) is 10.1. The lowest BCUT2D eigenvalue weighted by molar-refractivity contribution is 0.0986. The SMILES string of the molecule is CN(C)CCCN(C(=O)c1cc(Cl)sc1Cl)c1nc2cc3c(cc2s1)OCCO3. The van der Waals surface area contributed by atoms with E-state index in [9.17, 15) is 4.79 Å². The number of benzene rings is 1. The summed E-state index contributed by atoms with van der Waals surface area (Å²) in [4.78, 5) is 21.7. The lowest BCUT2D eigenvalue weighted by Gasteiger charge is -2.20. The normalized spacial score (nSPS) is 13.3. The first kappa shape index (κ1) is 20.7. The Morgan fingerprint density at radius 3 is 2.48 bits per heavy atom. The molecule has 0 atom stereocenters. The van der Waals surface area contributed by atoms with Gasteiger partial charge in [-0.15, -0.1) is 11.3 Å². The molecule has 3 heterocycles. The van der Waals surface area contributed by atoms with Crippen LogP contribution >= 0.6 is 45.9 Å². The molecule has 1 aliphatic heterocycles. The summed E-state index contributed by atoms with van der Waals surface area (Å²) in [5.74, 6) is 1.18. The smallest absolute Gasteiger partial charge is 0.262 e. The van der Waals surface area contributed by atoms with Crippen LogP contribution in [0.4, 0.5) is 5.13 Å². The predicted octanol–water partition coefficient (Wildman–Crippen LogP) is 5.03. The summed E-state index contributed by atoms with van der Waals surface area (Å²) < 4.78 is 13.1. The maximum atomic E-state index is 13.3. The van der Waals surface area contributed by atoms with Crippen molar-refractivity contribution in [2.24, 2.45) is 0 Å². The number of hydrogen-bond acceptors (Lipinski definition) is 7. The number of rotatable bonds is 6. The molecule has 29 heavy (non-hydrogen) atoms. The van der Waals surface area contributed by atoms with Gasteiger partial charge in [0.25, 0.3) is 5.91 Å². The zero-order chi connectivity index (χ0) is 20.5. The molecular formula is C19H19Cl2N3O3S2. The van der Waals surface area contributed by atoms with Crippen LogP contribution in [-0.2, 0) is 0 Å². The molecule has 0 fully saturated rings. The minimum Gasteiger partial charge on any atom is -0.486 e. The number of carbonyl (C=O) groups excluding carboxylic acids is 1. The number of nitrogens with zero attached hydrogens (tertiary/aromatic N) is 3. The Hall–Kier alpha value is -1.58. The van der Waals surface area contributed by atoms with Gasteiger partial charge in [0.15, 0.2) is 16.6 Å². The number of ether oxygens (including phenoxy) is 2.